The Morgan fingerprint density at radius 1 is 0.827 bits per heavy atom. The van der Waals surface area contributed by atoms with Gasteiger partial charge < -0.3 is 53.4 Å². The molecular formula is C40H61NO11. The molecule has 19 atom stereocenters. The van der Waals surface area contributed by atoms with Gasteiger partial charge in [0.2, 0.25) is 0 Å². The van der Waals surface area contributed by atoms with E-state index in [0.29, 0.717) is 44.6 Å². The second-order valence-electron chi connectivity index (χ2n) is 17.7. The molecule has 0 amide bonds. The summed E-state index contributed by atoms with van der Waals surface area (Å²) < 4.78 is 52.8. The smallest absolute Gasteiger partial charge is 0.168 e. The lowest BCUT2D eigenvalue weighted by atomic mass is 9.56. The van der Waals surface area contributed by atoms with Crippen molar-refractivity contribution >= 4 is 5.78 Å². The minimum atomic E-state index is -1.33. The van der Waals surface area contributed by atoms with Crippen molar-refractivity contribution < 1.29 is 52.9 Å². The Bertz CT molecular complexity index is 1320. The zero-order valence-corrected chi connectivity index (χ0v) is 31.0. The highest BCUT2D eigenvalue weighted by Crippen LogP contribution is 2.61. The van der Waals surface area contributed by atoms with E-state index in [0.717, 1.165) is 63.4 Å². The number of ketones is 1. The van der Waals surface area contributed by atoms with E-state index in [1.807, 2.05) is 7.05 Å². The van der Waals surface area contributed by atoms with E-state index in [-0.39, 0.29) is 109 Å². The minimum absolute atomic E-state index is 0.0203. The first-order valence-electron chi connectivity index (χ1n) is 20.6. The average Bonchev–Trinajstić information content (AvgIpc) is 3.68. The van der Waals surface area contributed by atoms with Crippen LogP contribution in [0.15, 0.2) is 12.2 Å². The fourth-order valence-electron chi connectivity index (χ4n) is 11.7. The molecule has 10 aliphatic heterocycles. The number of hydrogen-bond donors (Lipinski definition) is 3. The summed E-state index contributed by atoms with van der Waals surface area (Å²) in [5.74, 6) is -1.10. The summed E-state index contributed by atoms with van der Waals surface area (Å²) in [6, 6.07) is 0. The van der Waals surface area contributed by atoms with E-state index in [2.05, 4.69) is 11.9 Å². The summed E-state index contributed by atoms with van der Waals surface area (Å²) >= 11 is 0. The lowest BCUT2D eigenvalue weighted by Crippen LogP contribution is -2.81. The van der Waals surface area contributed by atoms with Gasteiger partial charge in [0.05, 0.1) is 85.5 Å². The Kier molecular flexibility index (Phi) is 10.4. The number of hydrogen-bond acceptors (Lipinski definition) is 12. The Hall–Kier alpha value is -1.03. The van der Waals surface area contributed by atoms with Crippen LogP contribution in [0.25, 0.3) is 0 Å². The average molecular weight is 732 g/mol. The highest BCUT2D eigenvalue weighted by molar-refractivity contribution is 5.79. The second kappa shape index (κ2) is 14.8. The molecule has 0 aromatic heterocycles. The number of nitrogens with one attached hydrogen (secondary N) is 1. The van der Waals surface area contributed by atoms with Gasteiger partial charge in [-0.2, -0.15) is 0 Å². The third-order valence-electron chi connectivity index (χ3n) is 14.3. The van der Waals surface area contributed by atoms with E-state index in [1.165, 1.54) is 0 Å². The van der Waals surface area contributed by atoms with Crippen molar-refractivity contribution in [3.8, 4) is 0 Å². The molecule has 5 unspecified atom stereocenters. The number of aliphatic hydroxyl groups is 2. The van der Waals surface area contributed by atoms with Gasteiger partial charge >= 0.3 is 0 Å². The summed E-state index contributed by atoms with van der Waals surface area (Å²) in [5, 5.41) is 25.9. The number of Topliss-reactive ketones (excluding diaryl/α,β-unsaturated/α-hetero) is 1. The van der Waals surface area contributed by atoms with Gasteiger partial charge in [-0.1, -0.05) is 6.58 Å². The maximum absolute atomic E-state index is 14.1. The zero-order valence-electron chi connectivity index (χ0n) is 31.0. The van der Waals surface area contributed by atoms with Crippen molar-refractivity contribution in [3.05, 3.63) is 12.2 Å². The van der Waals surface area contributed by atoms with Crippen molar-refractivity contribution in [1.82, 2.24) is 5.32 Å². The van der Waals surface area contributed by atoms with E-state index in [4.69, 9.17) is 37.9 Å². The number of aliphatic hydroxyl groups excluding tert-OH is 1. The molecule has 0 spiro atoms. The van der Waals surface area contributed by atoms with E-state index in [1.54, 1.807) is 7.11 Å². The molecular weight excluding hydrogens is 670 g/mol. The monoisotopic (exact) mass is 731 g/mol. The first-order chi connectivity index (χ1) is 25.2. The number of methoxy groups -OCH3 is 1. The van der Waals surface area contributed by atoms with Crippen LogP contribution in [0.4, 0.5) is 0 Å². The summed E-state index contributed by atoms with van der Waals surface area (Å²) in [6.45, 7) is 4.85. The predicted octanol–water partition coefficient (Wildman–Crippen LogP) is 3.13. The van der Waals surface area contributed by atoms with Crippen molar-refractivity contribution in [2.75, 3.05) is 20.7 Å². The fourth-order valence-corrected chi connectivity index (χ4v) is 11.7. The van der Waals surface area contributed by atoms with E-state index in [9.17, 15) is 15.0 Å². The van der Waals surface area contributed by atoms with Crippen LogP contribution >= 0.6 is 0 Å². The molecule has 11 rings (SSSR count). The summed E-state index contributed by atoms with van der Waals surface area (Å²) in [4.78, 5) is 14.1. The highest BCUT2D eigenvalue weighted by atomic mass is 16.7. The zero-order chi connectivity index (χ0) is 35.7. The molecule has 13 bridgehead atoms. The molecule has 11 fully saturated rings. The van der Waals surface area contributed by atoms with Crippen molar-refractivity contribution in [3.63, 3.8) is 0 Å². The molecule has 1 saturated carbocycles. The van der Waals surface area contributed by atoms with Crippen molar-refractivity contribution in [2.45, 2.75) is 194 Å². The standard InChI is InChI=1S/C40H61NO11/c1-20-4-5-24-8-6-23-7-9-25(46-23)12-13-40(44)18-32-33-37-34(38(33)51-32)39(52-40)36-28(50-37)11-10-26(48-36)14-21(42)15-27-30(17-29(20)47-24)49-31(35(27)45-3)16-22(43)19-41-2/h22-39,41,43-44H,1,4-19H2,2-3H3/t22?,23-,24+,25+,26?,27-,28?,29+,30-,31+,32+,33-,34-,35+,36-,37?,38?,39+,40-/m0/s1. The third kappa shape index (κ3) is 6.88. The molecule has 0 aromatic rings. The highest BCUT2D eigenvalue weighted by Gasteiger charge is 2.72. The fraction of sp³-hybridized carbons (Fsp3) is 0.925. The first kappa shape index (κ1) is 36.6. The predicted molar refractivity (Wildman–Crippen MR) is 186 cm³/mol. The van der Waals surface area contributed by atoms with Gasteiger partial charge in [-0.25, -0.2) is 0 Å². The number of fused-ring (bicyclic) bond motifs is 6. The maximum atomic E-state index is 14.1. The molecule has 10 heterocycles. The van der Waals surface area contributed by atoms with E-state index >= 15 is 0 Å². The minimum Gasteiger partial charge on any atom is -0.392 e. The molecule has 0 radical (unpaired) electrons. The van der Waals surface area contributed by atoms with E-state index < -0.39 is 11.9 Å². The molecule has 0 aromatic carbocycles. The topological polar surface area (TPSA) is 143 Å². The molecule has 3 N–H and O–H groups in total. The lowest BCUT2D eigenvalue weighted by Gasteiger charge is -2.70. The number of carbonyl (C=O) groups is 1. The Balaban J connectivity index is 0.971. The van der Waals surface area contributed by atoms with Gasteiger partial charge in [0.1, 0.15) is 11.9 Å². The Morgan fingerprint density at radius 3 is 2.33 bits per heavy atom. The van der Waals surface area contributed by atoms with Crippen LogP contribution in [0.2, 0.25) is 0 Å². The molecule has 12 heteroatoms. The number of likely N-dealkylation sites (N-methyl/N-ethyl adjacent to an activating group) is 1. The molecule has 10 saturated heterocycles. The van der Waals surface area contributed by atoms with Crippen LogP contribution in [-0.4, -0.2) is 134 Å². The molecule has 12 nitrogen and oxygen atoms in total. The quantitative estimate of drug-likeness (QED) is 0.358. The van der Waals surface area contributed by atoms with Crippen LogP contribution in [0, 0.1) is 17.8 Å². The number of ether oxygens (including phenoxy) is 8. The normalized spacial score (nSPS) is 52.3. The first-order valence-corrected chi connectivity index (χ1v) is 20.6. The van der Waals surface area contributed by atoms with Crippen molar-refractivity contribution in [1.29, 1.82) is 0 Å². The summed E-state index contributed by atoms with van der Waals surface area (Å²) in [7, 11) is 3.50. The van der Waals surface area contributed by atoms with Crippen LogP contribution in [-0.2, 0) is 42.7 Å². The van der Waals surface area contributed by atoms with Gasteiger partial charge in [-0.15, -0.1) is 0 Å². The summed E-state index contributed by atoms with van der Waals surface area (Å²) in [5.41, 5.74) is 1.07. The van der Waals surface area contributed by atoms with Crippen LogP contribution in [0.1, 0.15) is 96.3 Å². The van der Waals surface area contributed by atoms with Gasteiger partial charge in [-0.3, -0.25) is 4.79 Å². The Labute approximate surface area is 307 Å². The third-order valence-corrected chi connectivity index (χ3v) is 14.3. The molecule has 292 valence electrons. The SMILES string of the molecule is C=C1CC[C@@H]2CC[C@H]3CC[C@H](CC[C@@]4(O)C[C@H]5OC6[C@@H]7C(OC8CCC(CC(=O)C[C@@H]9[C@@H](OC)[C@@H](CC(O)CNC)O[C@H]9C[C@H]1O2)O[C@@H]8[C@@H]7O4)[C@@H]65)O3. The second-order valence-corrected chi connectivity index (χ2v) is 17.7. The Morgan fingerprint density at radius 2 is 1.56 bits per heavy atom. The molecule has 1 aliphatic carbocycles. The molecule has 52 heavy (non-hydrogen) atoms. The molecule has 11 aliphatic rings. The summed E-state index contributed by atoms with van der Waals surface area (Å²) in [6.07, 6.45) is 8.01. The van der Waals surface area contributed by atoms with Gasteiger partial charge in [0.25, 0.3) is 0 Å². The maximum Gasteiger partial charge on any atom is 0.168 e. The number of rotatable bonds is 5. The largest absolute Gasteiger partial charge is 0.392 e. The van der Waals surface area contributed by atoms with Gasteiger partial charge in [0.15, 0.2) is 5.79 Å². The van der Waals surface area contributed by atoms with Crippen molar-refractivity contribution in [2.24, 2.45) is 17.8 Å². The lowest BCUT2D eigenvalue weighted by molar-refractivity contribution is -0.444. The van der Waals surface area contributed by atoms with Crippen LogP contribution < -0.4 is 5.32 Å². The van der Waals surface area contributed by atoms with Gasteiger partial charge in [-0.05, 0) is 70.4 Å². The van der Waals surface area contributed by atoms with Crippen LogP contribution in [0.3, 0.4) is 0 Å². The van der Waals surface area contributed by atoms with Gasteiger partial charge in [0, 0.05) is 69.9 Å². The van der Waals surface area contributed by atoms with Crippen LogP contribution in [0.5, 0.6) is 0 Å². The number of carbonyl (C=O) groups excluding carboxylic acids is 1.